The van der Waals surface area contributed by atoms with Crippen molar-refractivity contribution in [1.29, 1.82) is 0 Å². The average Bonchev–Trinajstić information content (AvgIpc) is 2.85. The molecule has 1 aliphatic heterocycles. The lowest BCUT2D eigenvalue weighted by atomic mass is 9.68. The van der Waals surface area contributed by atoms with Crippen LogP contribution in [0, 0.1) is 5.92 Å². The second kappa shape index (κ2) is 10.3. The van der Waals surface area contributed by atoms with Crippen LogP contribution in [-0.4, -0.2) is 39.2 Å². The third-order valence-corrected chi connectivity index (χ3v) is 7.92. The van der Waals surface area contributed by atoms with Gasteiger partial charge in [0, 0.05) is 22.7 Å². The molecule has 184 valence electrons. The fourth-order valence-electron chi connectivity index (χ4n) is 5.10. The summed E-state index contributed by atoms with van der Waals surface area (Å²) in [5, 5.41) is 14.6. The monoisotopic (exact) mass is 466 g/mol. The molecule has 6 nitrogen and oxygen atoms in total. The van der Waals surface area contributed by atoms with Gasteiger partial charge < -0.3 is 10.4 Å². The predicted molar refractivity (Wildman–Crippen MR) is 134 cm³/mol. The van der Waals surface area contributed by atoms with Crippen LogP contribution in [0.5, 0.6) is 0 Å². The number of piperidine rings is 1. The first-order valence-electron chi connectivity index (χ1n) is 12.2. The maximum atomic E-state index is 13.1. The number of aromatic carboxylic acids is 1. The summed E-state index contributed by atoms with van der Waals surface area (Å²) >= 11 is 0. The van der Waals surface area contributed by atoms with Gasteiger partial charge in [-0.25, -0.2) is 4.79 Å². The van der Waals surface area contributed by atoms with E-state index < -0.39 is 5.97 Å². The number of carbonyl (C=O) groups is 2. The van der Waals surface area contributed by atoms with Gasteiger partial charge in [0.05, 0.1) is 5.56 Å². The Bertz CT molecular complexity index is 993. The van der Waals surface area contributed by atoms with Gasteiger partial charge >= 0.3 is 5.97 Å². The van der Waals surface area contributed by atoms with E-state index in [9.17, 15) is 9.59 Å². The lowest BCUT2D eigenvalue weighted by molar-refractivity contribution is -0.327. The number of nitrogens with zero attached hydrogens (tertiary/aromatic N) is 1. The second-order valence-corrected chi connectivity index (χ2v) is 9.97. The van der Waals surface area contributed by atoms with Crippen molar-refractivity contribution in [3.8, 4) is 0 Å². The van der Waals surface area contributed by atoms with Gasteiger partial charge in [0.2, 0.25) is 0 Å². The van der Waals surface area contributed by atoms with Crippen molar-refractivity contribution in [2.45, 2.75) is 84.0 Å². The zero-order valence-electron chi connectivity index (χ0n) is 21.2. The zero-order chi connectivity index (χ0) is 25.1. The lowest BCUT2D eigenvalue weighted by Crippen LogP contribution is -2.70. The maximum absolute atomic E-state index is 13.1. The summed E-state index contributed by atoms with van der Waals surface area (Å²) in [4.78, 5) is 30.9. The maximum Gasteiger partial charge on any atom is 0.335 e. The Labute approximate surface area is 203 Å². The molecule has 0 bridgehead atoms. The van der Waals surface area contributed by atoms with Gasteiger partial charge in [-0.05, 0) is 75.8 Å². The minimum Gasteiger partial charge on any atom is -0.478 e. The predicted octanol–water partition coefficient (Wildman–Crippen LogP) is 5.86. The zero-order valence-corrected chi connectivity index (χ0v) is 21.2. The van der Waals surface area contributed by atoms with Crippen LogP contribution in [0.4, 0.5) is 0 Å². The van der Waals surface area contributed by atoms with E-state index in [-0.39, 0.29) is 40.6 Å². The van der Waals surface area contributed by atoms with E-state index in [1.165, 1.54) is 12.1 Å². The molecule has 34 heavy (non-hydrogen) atoms. The number of hydrogen-bond acceptors (Lipinski definition) is 4. The number of amides is 1. The Morgan fingerprint density at radius 1 is 1.06 bits per heavy atom. The van der Waals surface area contributed by atoms with Crippen LogP contribution in [0.3, 0.4) is 0 Å². The molecular weight excluding hydrogens is 428 g/mol. The van der Waals surface area contributed by atoms with E-state index in [4.69, 9.17) is 9.94 Å². The number of nitrogens with one attached hydrogen (secondary N) is 1. The fourth-order valence-corrected chi connectivity index (χ4v) is 5.10. The third kappa shape index (κ3) is 5.03. The largest absolute Gasteiger partial charge is 0.478 e. The Morgan fingerprint density at radius 2 is 1.65 bits per heavy atom. The summed E-state index contributed by atoms with van der Waals surface area (Å²) in [6.07, 6.45) is 2.39. The van der Waals surface area contributed by atoms with Crippen molar-refractivity contribution >= 4 is 11.9 Å². The first-order valence-corrected chi connectivity index (χ1v) is 12.2. The van der Waals surface area contributed by atoms with Crippen molar-refractivity contribution < 1.29 is 19.5 Å². The SMILES string of the molecule is CCC1(C)CC(NC(=O)c2ccc(C(=O)O)cc2)C(C)C(C)(CC)N1OC(C)c1ccccc1. The highest BCUT2D eigenvalue weighted by atomic mass is 16.7. The Kier molecular flexibility index (Phi) is 7.84. The highest BCUT2D eigenvalue weighted by Gasteiger charge is 2.54. The smallest absolute Gasteiger partial charge is 0.335 e. The molecule has 1 saturated heterocycles. The first-order chi connectivity index (χ1) is 16.1. The molecule has 1 heterocycles. The molecule has 0 aromatic heterocycles. The van der Waals surface area contributed by atoms with Crippen LogP contribution in [-0.2, 0) is 4.84 Å². The van der Waals surface area contributed by atoms with Gasteiger partial charge in [-0.2, -0.15) is 5.06 Å². The van der Waals surface area contributed by atoms with E-state index in [0.717, 1.165) is 24.8 Å². The van der Waals surface area contributed by atoms with Gasteiger partial charge in [-0.15, -0.1) is 0 Å². The molecule has 0 spiro atoms. The van der Waals surface area contributed by atoms with Crippen molar-refractivity contribution in [2.75, 3.05) is 0 Å². The lowest BCUT2D eigenvalue weighted by Gasteiger charge is -2.60. The Balaban J connectivity index is 1.85. The summed E-state index contributed by atoms with van der Waals surface area (Å²) in [6, 6.07) is 16.3. The molecule has 2 N–H and O–H groups in total. The molecule has 0 saturated carbocycles. The van der Waals surface area contributed by atoms with Crippen molar-refractivity contribution in [3.05, 3.63) is 71.3 Å². The molecule has 6 heteroatoms. The van der Waals surface area contributed by atoms with Crippen LogP contribution in [0.15, 0.2) is 54.6 Å². The van der Waals surface area contributed by atoms with E-state index in [0.29, 0.717) is 5.56 Å². The number of carbonyl (C=O) groups excluding carboxylic acids is 1. The van der Waals surface area contributed by atoms with Crippen molar-refractivity contribution in [3.63, 3.8) is 0 Å². The van der Waals surface area contributed by atoms with E-state index in [1.807, 2.05) is 18.2 Å². The second-order valence-electron chi connectivity index (χ2n) is 9.97. The Hall–Kier alpha value is -2.70. The molecule has 2 aromatic carbocycles. The van der Waals surface area contributed by atoms with E-state index >= 15 is 0 Å². The van der Waals surface area contributed by atoms with Gasteiger partial charge in [0.25, 0.3) is 5.91 Å². The van der Waals surface area contributed by atoms with Crippen LogP contribution in [0.1, 0.15) is 93.2 Å². The van der Waals surface area contributed by atoms with Gasteiger partial charge in [0.15, 0.2) is 0 Å². The standard InChI is InChI=1S/C28H38N2O4/c1-7-27(5)18-24(29-25(31)22-14-16-23(17-15-22)26(32)33)19(3)28(6,8-2)30(27)34-20(4)21-12-10-9-11-13-21/h9-17,19-20,24H,7-8,18H2,1-6H3,(H,29,31)(H,32,33). The van der Waals surface area contributed by atoms with Crippen LogP contribution in [0.25, 0.3) is 0 Å². The molecule has 2 aromatic rings. The number of hydrogen-bond donors (Lipinski definition) is 2. The average molecular weight is 467 g/mol. The van der Waals surface area contributed by atoms with E-state index in [2.05, 4.69) is 64.1 Å². The molecule has 1 amide bonds. The van der Waals surface area contributed by atoms with Crippen LogP contribution < -0.4 is 5.32 Å². The van der Waals surface area contributed by atoms with Crippen molar-refractivity contribution in [2.24, 2.45) is 5.92 Å². The van der Waals surface area contributed by atoms with Gasteiger partial charge in [-0.1, -0.05) is 51.1 Å². The summed E-state index contributed by atoms with van der Waals surface area (Å²) in [5.74, 6) is -1.06. The molecule has 1 aliphatic rings. The molecule has 0 radical (unpaired) electrons. The summed E-state index contributed by atoms with van der Waals surface area (Å²) in [5.41, 5.74) is 1.19. The molecule has 0 aliphatic carbocycles. The van der Waals surface area contributed by atoms with Gasteiger partial charge in [0.1, 0.15) is 6.10 Å². The number of carboxylic acid groups (broad SMARTS) is 1. The number of hydroxylamine groups is 2. The minimum atomic E-state index is -1.00. The van der Waals surface area contributed by atoms with Crippen LogP contribution >= 0.6 is 0 Å². The Morgan fingerprint density at radius 3 is 2.18 bits per heavy atom. The quantitative estimate of drug-likeness (QED) is 0.510. The topological polar surface area (TPSA) is 78.9 Å². The molecular formula is C28H38N2O4. The number of benzene rings is 2. The van der Waals surface area contributed by atoms with E-state index in [1.54, 1.807) is 12.1 Å². The number of rotatable bonds is 8. The summed E-state index contributed by atoms with van der Waals surface area (Å²) in [6.45, 7) is 13.0. The fraction of sp³-hybridized carbons (Fsp3) is 0.500. The summed E-state index contributed by atoms with van der Waals surface area (Å²) < 4.78 is 0. The highest BCUT2D eigenvalue weighted by molar-refractivity contribution is 5.96. The third-order valence-electron chi connectivity index (χ3n) is 7.92. The first kappa shape index (κ1) is 25.9. The molecule has 5 unspecified atom stereocenters. The highest BCUT2D eigenvalue weighted by Crippen LogP contribution is 2.47. The minimum absolute atomic E-state index is 0.0477. The van der Waals surface area contributed by atoms with Crippen LogP contribution in [0.2, 0.25) is 0 Å². The summed E-state index contributed by atoms with van der Waals surface area (Å²) in [7, 11) is 0. The molecule has 1 fully saturated rings. The molecule has 5 atom stereocenters. The molecule has 3 rings (SSSR count). The van der Waals surface area contributed by atoms with Gasteiger partial charge in [-0.3, -0.25) is 9.63 Å². The normalized spacial score (nSPS) is 28.3. The van der Waals surface area contributed by atoms with Crippen molar-refractivity contribution in [1.82, 2.24) is 10.4 Å². The number of carboxylic acids is 1.